The van der Waals surface area contributed by atoms with Crippen LogP contribution in [0.5, 0.6) is 0 Å². The standard InChI is InChI=1S/C22H17BrN2O3/c23-14-4-6-15(7-5-14)25-21(26)17-3-1-2-16-19(24-10-12-28-13-11-24)9-8-18(20(16)17)22(25)27/h1-9H,10-13H2. The smallest absolute Gasteiger partial charge is 0.265 e. The van der Waals surface area contributed by atoms with Crippen molar-refractivity contribution in [2.45, 2.75) is 0 Å². The maximum Gasteiger partial charge on any atom is 0.265 e. The Hall–Kier alpha value is -2.70. The molecule has 0 unspecified atom stereocenters. The first-order chi connectivity index (χ1) is 13.6. The third-order valence-corrected chi connectivity index (χ3v) is 5.85. The predicted octanol–water partition coefficient (Wildman–Crippen LogP) is 4.24. The highest BCUT2D eigenvalue weighted by Crippen LogP contribution is 2.37. The zero-order chi connectivity index (χ0) is 19.3. The van der Waals surface area contributed by atoms with Crippen LogP contribution in [0.15, 0.2) is 59.1 Å². The van der Waals surface area contributed by atoms with Crippen molar-refractivity contribution in [2.24, 2.45) is 0 Å². The van der Waals surface area contributed by atoms with E-state index in [1.165, 1.54) is 4.90 Å². The second kappa shape index (κ2) is 6.72. The lowest BCUT2D eigenvalue weighted by atomic mass is 9.92. The Kier molecular flexibility index (Phi) is 4.18. The molecule has 28 heavy (non-hydrogen) atoms. The number of amides is 2. The molecule has 0 aliphatic carbocycles. The number of hydrogen-bond acceptors (Lipinski definition) is 4. The first kappa shape index (κ1) is 17.4. The fraction of sp³-hybridized carbons (Fsp3) is 0.182. The topological polar surface area (TPSA) is 49.9 Å². The number of halogens is 1. The van der Waals surface area contributed by atoms with Gasteiger partial charge in [-0.05, 0) is 42.5 Å². The lowest BCUT2D eigenvalue weighted by Gasteiger charge is -2.32. The summed E-state index contributed by atoms with van der Waals surface area (Å²) < 4.78 is 6.35. The molecule has 0 spiro atoms. The van der Waals surface area contributed by atoms with Crippen LogP contribution in [0.3, 0.4) is 0 Å². The Bertz CT molecular complexity index is 1080. The summed E-state index contributed by atoms with van der Waals surface area (Å²) in [6, 6.07) is 16.7. The van der Waals surface area contributed by atoms with Crippen molar-refractivity contribution >= 4 is 49.9 Å². The van der Waals surface area contributed by atoms with Crippen LogP contribution in [-0.4, -0.2) is 38.1 Å². The lowest BCUT2D eigenvalue weighted by Crippen LogP contribution is -2.41. The zero-order valence-corrected chi connectivity index (χ0v) is 16.6. The maximum absolute atomic E-state index is 13.2. The minimum absolute atomic E-state index is 0.287. The first-order valence-electron chi connectivity index (χ1n) is 9.18. The van der Waals surface area contributed by atoms with E-state index in [0.29, 0.717) is 30.0 Å². The fourth-order valence-corrected chi connectivity index (χ4v) is 4.25. The SMILES string of the molecule is O=C1c2cccc3c(N4CCOCC4)ccc(c23)C(=O)N1c1ccc(Br)cc1. The van der Waals surface area contributed by atoms with Crippen molar-refractivity contribution in [1.29, 1.82) is 0 Å². The molecule has 140 valence electrons. The molecule has 3 aromatic carbocycles. The van der Waals surface area contributed by atoms with Gasteiger partial charge >= 0.3 is 0 Å². The molecule has 6 heteroatoms. The van der Waals surface area contributed by atoms with Crippen molar-refractivity contribution in [2.75, 3.05) is 36.1 Å². The molecule has 1 fully saturated rings. The maximum atomic E-state index is 13.2. The van der Waals surface area contributed by atoms with Gasteiger partial charge in [0.25, 0.3) is 11.8 Å². The van der Waals surface area contributed by atoms with Gasteiger partial charge in [0.1, 0.15) is 0 Å². The summed E-state index contributed by atoms with van der Waals surface area (Å²) in [6.45, 7) is 2.95. The van der Waals surface area contributed by atoms with E-state index in [9.17, 15) is 9.59 Å². The molecule has 0 aromatic heterocycles. The first-order valence-corrected chi connectivity index (χ1v) is 9.97. The van der Waals surface area contributed by atoms with Crippen LogP contribution in [0.4, 0.5) is 11.4 Å². The molecule has 5 rings (SSSR count). The number of carbonyl (C=O) groups excluding carboxylic acids is 2. The van der Waals surface area contributed by atoms with Gasteiger partial charge < -0.3 is 9.64 Å². The van der Waals surface area contributed by atoms with Crippen LogP contribution >= 0.6 is 15.9 Å². The third kappa shape index (κ3) is 2.64. The van der Waals surface area contributed by atoms with Crippen LogP contribution < -0.4 is 9.80 Å². The normalized spacial score (nSPS) is 16.8. The molecule has 2 amide bonds. The molecular formula is C22H17BrN2O3. The second-order valence-corrected chi connectivity index (χ2v) is 7.80. The van der Waals surface area contributed by atoms with E-state index in [4.69, 9.17) is 4.74 Å². The minimum atomic E-state index is -0.287. The molecule has 3 aromatic rings. The summed E-state index contributed by atoms with van der Waals surface area (Å²) >= 11 is 3.39. The molecule has 0 N–H and O–H groups in total. The van der Waals surface area contributed by atoms with Crippen LogP contribution in [-0.2, 0) is 4.74 Å². The molecule has 0 saturated carbocycles. The van der Waals surface area contributed by atoms with E-state index in [0.717, 1.165) is 34.0 Å². The van der Waals surface area contributed by atoms with Gasteiger partial charge in [-0.3, -0.25) is 9.59 Å². The Morgan fingerprint density at radius 3 is 2.21 bits per heavy atom. The van der Waals surface area contributed by atoms with Gasteiger partial charge in [0.05, 0.1) is 18.9 Å². The van der Waals surface area contributed by atoms with Crippen LogP contribution in [0.1, 0.15) is 20.7 Å². The third-order valence-electron chi connectivity index (χ3n) is 5.32. The lowest BCUT2D eigenvalue weighted by molar-refractivity contribution is 0.0893. The van der Waals surface area contributed by atoms with E-state index in [2.05, 4.69) is 20.8 Å². The van der Waals surface area contributed by atoms with Crippen molar-refractivity contribution < 1.29 is 14.3 Å². The van der Waals surface area contributed by atoms with Gasteiger partial charge in [0.15, 0.2) is 0 Å². The quantitative estimate of drug-likeness (QED) is 0.563. The average molecular weight is 437 g/mol. The number of anilines is 2. The predicted molar refractivity (Wildman–Crippen MR) is 112 cm³/mol. The number of hydrogen-bond donors (Lipinski definition) is 0. The van der Waals surface area contributed by atoms with E-state index in [1.54, 1.807) is 18.2 Å². The van der Waals surface area contributed by atoms with Gasteiger partial charge in [0.2, 0.25) is 0 Å². The van der Waals surface area contributed by atoms with Crippen LogP contribution in [0.2, 0.25) is 0 Å². The molecule has 0 atom stereocenters. The summed E-state index contributed by atoms with van der Waals surface area (Å²) in [4.78, 5) is 30.0. The largest absolute Gasteiger partial charge is 0.378 e. The zero-order valence-electron chi connectivity index (χ0n) is 15.0. The Balaban J connectivity index is 1.68. The summed E-state index contributed by atoms with van der Waals surface area (Å²) in [5.41, 5.74) is 2.73. The number of benzene rings is 3. The van der Waals surface area contributed by atoms with Gasteiger partial charge in [0, 0.05) is 45.1 Å². The molecule has 5 nitrogen and oxygen atoms in total. The minimum Gasteiger partial charge on any atom is -0.378 e. The molecule has 1 saturated heterocycles. The average Bonchev–Trinajstić information content (AvgIpc) is 2.73. The summed E-state index contributed by atoms with van der Waals surface area (Å²) in [7, 11) is 0. The highest BCUT2D eigenvalue weighted by molar-refractivity contribution is 9.10. The molecule has 0 radical (unpaired) electrons. The Morgan fingerprint density at radius 1 is 0.821 bits per heavy atom. The number of morpholine rings is 1. The van der Waals surface area contributed by atoms with Gasteiger partial charge in [-0.15, -0.1) is 0 Å². The highest BCUT2D eigenvalue weighted by atomic mass is 79.9. The van der Waals surface area contributed by atoms with E-state index in [-0.39, 0.29) is 11.8 Å². The van der Waals surface area contributed by atoms with E-state index >= 15 is 0 Å². The highest BCUT2D eigenvalue weighted by Gasteiger charge is 2.34. The number of rotatable bonds is 2. The van der Waals surface area contributed by atoms with E-state index in [1.807, 2.05) is 36.4 Å². The van der Waals surface area contributed by atoms with Crippen molar-refractivity contribution in [3.8, 4) is 0 Å². The number of ether oxygens (including phenoxy) is 1. The molecule has 2 aliphatic rings. The number of nitrogens with zero attached hydrogens (tertiary/aromatic N) is 2. The van der Waals surface area contributed by atoms with E-state index < -0.39 is 0 Å². The van der Waals surface area contributed by atoms with Crippen LogP contribution in [0.25, 0.3) is 10.8 Å². The summed E-state index contributed by atoms with van der Waals surface area (Å²) in [5, 5.41) is 1.68. The van der Waals surface area contributed by atoms with Gasteiger partial charge in [-0.25, -0.2) is 4.90 Å². The van der Waals surface area contributed by atoms with Crippen molar-refractivity contribution in [3.63, 3.8) is 0 Å². The van der Waals surface area contributed by atoms with Crippen molar-refractivity contribution in [1.82, 2.24) is 0 Å². The van der Waals surface area contributed by atoms with Crippen LogP contribution in [0, 0.1) is 0 Å². The van der Waals surface area contributed by atoms with Gasteiger partial charge in [-0.2, -0.15) is 0 Å². The molecule has 0 bridgehead atoms. The fourth-order valence-electron chi connectivity index (χ4n) is 3.99. The Morgan fingerprint density at radius 2 is 1.50 bits per heavy atom. The molecular weight excluding hydrogens is 420 g/mol. The van der Waals surface area contributed by atoms with Crippen molar-refractivity contribution in [3.05, 3.63) is 70.2 Å². The number of carbonyl (C=O) groups is 2. The monoisotopic (exact) mass is 436 g/mol. The molecule has 2 aliphatic heterocycles. The summed E-state index contributed by atoms with van der Waals surface area (Å²) in [5.74, 6) is -0.575. The Labute approximate surface area is 170 Å². The molecule has 2 heterocycles. The number of imide groups is 1. The second-order valence-electron chi connectivity index (χ2n) is 6.88. The van der Waals surface area contributed by atoms with Gasteiger partial charge in [-0.1, -0.05) is 28.1 Å². The summed E-state index contributed by atoms with van der Waals surface area (Å²) in [6.07, 6.45) is 0.